The molecule has 67 heavy (non-hydrogen) atoms. The third-order valence-electron chi connectivity index (χ3n) is 13.9. The molecule has 0 aromatic heterocycles. The monoisotopic (exact) mass is 943 g/mol. The molecule has 7 aromatic carbocycles. The van der Waals surface area contributed by atoms with Crippen molar-refractivity contribution in [3.8, 4) is 44.5 Å². The molecule has 1 aliphatic carbocycles. The number of benzene rings is 7. The van der Waals surface area contributed by atoms with Crippen LogP contribution in [0.25, 0.3) is 50.1 Å². The highest BCUT2D eigenvalue weighted by Crippen LogP contribution is 2.41. The maximum Gasteiger partial charge on any atom is 0.0462 e. The lowest BCUT2D eigenvalue weighted by Crippen LogP contribution is -2.09. The van der Waals surface area contributed by atoms with Crippen LogP contribution in [0.5, 0.6) is 0 Å². The summed E-state index contributed by atoms with van der Waals surface area (Å²) in [6, 6.07) is 55.7. The summed E-state index contributed by atoms with van der Waals surface area (Å²) in [4.78, 5) is 2.36. The van der Waals surface area contributed by atoms with Crippen LogP contribution >= 0.6 is 15.9 Å². The van der Waals surface area contributed by atoms with Gasteiger partial charge in [-0.15, -0.1) is 0 Å². The highest BCUT2D eigenvalue weighted by Gasteiger charge is 2.18. The van der Waals surface area contributed by atoms with Crippen LogP contribution in [-0.4, -0.2) is 0 Å². The van der Waals surface area contributed by atoms with Gasteiger partial charge in [-0.25, -0.2) is 0 Å². The van der Waals surface area contributed by atoms with Crippen LogP contribution in [0.2, 0.25) is 0 Å². The van der Waals surface area contributed by atoms with Gasteiger partial charge in [-0.1, -0.05) is 203 Å². The van der Waals surface area contributed by atoms with Gasteiger partial charge in [-0.3, -0.25) is 0 Å². The Morgan fingerprint density at radius 1 is 0.418 bits per heavy atom. The van der Waals surface area contributed by atoms with E-state index in [0.29, 0.717) is 0 Å². The molecular weight excluding hydrogens is 875 g/mol. The Hall–Kier alpha value is -5.70. The number of hydrogen-bond donors (Lipinski definition) is 0. The molecule has 0 saturated heterocycles. The van der Waals surface area contributed by atoms with Gasteiger partial charge < -0.3 is 4.90 Å². The number of allylic oxidation sites excluding steroid dienone is 4. The second-order valence-corrected chi connectivity index (χ2v) is 19.6. The Morgan fingerprint density at radius 3 is 1.31 bits per heavy atom. The summed E-state index contributed by atoms with van der Waals surface area (Å²) in [6.07, 6.45) is 23.3. The first-order chi connectivity index (χ1) is 32.9. The fourth-order valence-corrected chi connectivity index (χ4v) is 10.3. The van der Waals surface area contributed by atoms with E-state index < -0.39 is 0 Å². The number of halogens is 1. The van der Waals surface area contributed by atoms with E-state index in [1.807, 2.05) is 0 Å². The summed E-state index contributed by atoms with van der Waals surface area (Å²) in [5.74, 6) is 0. The SMILES string of the molecule is CCCCCCc1cc(-c2ccc(-c3ccc(N(c4ccc(Br)cc4)c4ccc(C5=CCCC=C5)cc4)cc3)c(CC)c2)c(CCCCCC)cc1-c1ccc(-c2ccc(C)cc2)c(CC)c1. The first-order valence-electron chi connectivity index (χ1n) is 25.5. The smallest absolute Gasteiger partial charge is 0.0462 e. The van der Waals surface area contributed by atoms with Crippen LogP contribution in [-0.2, 0) is 25.7 Å². The number of hydrogen-bond acceptors (Lipinski definition) is 1. The Kier molecular flexibility index (Phi) is 16.7. The van der Waals surface area contributed by atoms with Crippen molar-refractivity contribution in [3.63, 3.8) is 0 Å². The van der Waals surface area contributed by atoms with E-state index in [1.165, 1.54) is 135 Å². The molecule has 2 heteroatoms. The van der Waals surface area contributed by atoms with Gasteiger partial charge in [-0.05, 0) is 185 Å². The molecule has 7 aromatic rings. The quantitative estimate of drug-likeness (QED) is 0.0688. The van der Waals surface area contributed by atoms with E-state index in [9.17, 15) is 0 Å². The molecule has 0 fully saturated rings. The summed E-state index contributed by atoms with van der Waals surface area (Å²) in [5.41, 5.74) is 23.8. The molecule has 1 nitrogen and oxygen atoms in total. The number of nitrogens with zero attached hydrogens (tertiary/aromatic N) is 1. The lowest BCUT2D eigenvalue weighted by atomic mass is 9.84. The van der Waals surface area contributed by atoms with Crippen LogP contribution in [0.1, 0.15) is 125 Å². The second kappa shape index (κ2) is 23.3. The molecule has 0 aliphatic heterocycles. The lowest BCUT2D eigenvalue weighted by Gasteiger charge is -2.26. The zero-order valence-electron chi connectivity index (χ0n) is 40.8. The van der Waals surface area contributed by atoms with Crippen molar-refractivity contribution in [2.45, 2.75) is 125 Å². The second-order valence-electron chi connectivity index (χ2n) is 18.6. The van der Waals surface area contributed by atoms with Crippen molar-refractivity contribution < 1.29 is 0 Å². The molecule has 0 atom stereocenters. The molecule has 0 bridgehead atoms. The molecule has 342 valence electrons. The van der Waals surface area contributed by atoms with Crippen LogP contribution in [0.15, 0.2) is 168 Å². The minimum Gasteiger partial charge on any atom is -0.311 e. The Labute approximate surface area is 411 Å². The Morgan fingerprint density at radius 2 is 0.866 bits per heavy atom. The van der Waals surface area contributed by atoms with Gasteiger partial charge in [0.25, 0.3) is 0 Å². The van der Waals surface area contributed by atoms with Crippen LogP contribution in [0.4, 0.5) is 17.1 Å². The van der Waals surface area contributed by atoms with E-state index >= 15 is 0 Å². The zero-order valence-corrected chi connectivity index (χ0v) is 42.4. The predicted molar refractivity (Wildman–Crippen MR) is 296 cm³/mol. The van der Waals surface area contributed by atoms with Crippen molar-refractivity contribution in [3.05, 3.63) is 202 Å². The van der Waals surface area contributed by atoms with Crippen molar-refractivity contribution in [1.82, 2.24) is 0 Å². The molecule has 0 N–H and O–H groups in total. The van der Waals surface area contributed by atoms with Crippen LogP contribution in [0, 0.1) is 6.92 Å². The van der Waals surface area contributed by atoms with E-state index in [4.69, 9.17) is 0 Å². The van der Waals surface area contributed by atoms with Gasteiger partial charge in [0.15, 0.2) is 0 Å². The number of aryl methyl sites for hydroxylation is 5. The minimum absolute atomic E-state index is 0.967. The van der Waals surface area contributed by atoms with Crippen molar-refractivity contribution >= 4 is 38.6 Å². The van der Waals surface area contributed by atoms with Gasteiger partial charge >= 0.3 is 0 Å². The number of rotatable bonds is 20. The van der Waals surface area contributed by atoms with E-state index in [-0.39, 0.29) is 0 Å². The molecule has 0 spiro atoms. The lowest BCUT2D eigenvalue weighted by molar-refractivity contribution is 0.664. The van der Waals surface area contributed by atoms with Gasteiger partial charge in [0, 0.05) is 21.5 Å². The number of unbranched alkanes of at least 4 members (excludes halogenated alkanes) is 6. The van der Waals surface area contributed by atoms with Crippen molar-refractivity contribution in [2.24, 2.45) is 0 Å². The van der Waals surface area contributed by atoms with E-state index in [1.54, 1.807) is 0 Å². The van der Waals surface area contributed by atoms with E-state index in [0.717, 1.165) is 60.1 Å². The minimum atomic E-state index is 0.967. The molecule has 0 heterocycles. The predicted octanol–water partition coefficient (Wildman–Crippen LogP) is 20.0. The first kappa shape index (κ1) is 47.8. The normalized spacial score (nSPS) is 12.4. The van der Waals surface area contributed by atoms with E-state index in [2.05, 4.69) is 219 Å². The van der Waals surface area contributed by atoms with Gasteiger partial charge in [-0.2, -0.15) is 0 Å². The topological polar surface area (TPSA) is 3.24 Å². The summed E-state index contributed by atoms with van der Waals surface area (Å²) in [7, 11) is 0. The molecule has 1 aliphatic rings. The van der Waals surface area contributed by atoms with Gasteiger partial charge in [0.2, 0.25) is 0 Å². The first-order valence-corrected chi connectivity index (χ1v) is 26.3. The standard InChI is InChI=1S/C65H70BrN/c1-6-10-12-15-21-54-46-65(55(22-16-13-11-7-2)45-64(54)56-31-41-62(48(8-3)43-56)52-25-23-47(5)24-26-52)57-32-42-63(49(9-4)44-57)53-29-37-60(38-30-53)67(61-39-33-58(66)34-40-61)59-35-27-51(28-36-59)50-19-17-14-18-20-50/h17,19-20,23-46H,6-16,18,21-22H2,1-5H3. The van der Waals surface area contributed by atoms with Crippen molar-refractivity contribution in [1.29, 1.82) is 0 Å². The highest BCUT2D eigenvalue weighted by molar-refractivity contribution is 9.10. The average molecular weight is 945 g/mol. The van der Waals surface area contributed by atoms with Crippen molar-refractivity contribution in [2.75, 3.05) is 4.90 Å². The fraction of sp³-hybridized carbons (Fsp3) is 0.292. The molecule has 0 amide bonds. The number of anilines is 3. The fourth-order valence-electron chi connectivity index (χ4n) is 9.99. The Bertz CT molecular complexity index is 2770. The maximum atomic E-state index is 3.67. The largest absolute Gasteiger partial charge is 0.311 e. The highest BCUT2D eigenvalue weighted by atomic mass is 79.9. The zero-order chi connectivity index (χ0) is 46.5. The third-order valence-corrected chi connectivity index (χ3v) is 14.4. The summed E-state index contributed by atoms with van der Waals surface area (Å²) >= 11 is 3.67. The summed E-state index contributed by atoms with van der Waals surface area (Å²) in [6.45, 7) is 11.4. The van der Waals surface area contributed by atoms with Gasteiger partial charge in [0.1, 0.15) is 0 Å². The average Bonchev–Trinajstić information content (AvgIpc) is 3.38. The maximum absolute atomic E-state index is 3.67. The molecule has 8 rings (SSSR count). The van der Waals surface area contributed by atoms with Gasteiger partial charge in [0.05, 0.1) is 0 Å². The van der Waals surface area contributed by atoms with Crippen LogP contribution < -0.4 is 4.90 Å². The Balaban J connectivity index is 1.15. The summed E-state index contributed by atoms with van der Waals surface area (Å²) in [5, 5.41) is 0. The molecule has 0 radical (unpaired) electrons. The third kappa shape index (κ3) is 11.7. The molecule has 0 unspecified atom stereocenters. The summed E-state index contributed by atoms with van der Waals surface area (Å²) < 4.78 is 1.07. The van der Waals surface area contributed by atoms with Crippen LogP contribution in [0.3, 0.4) is 0 Å². The molecular formula is C65H70BrN. The molecule has 0 saturated carbocycles.